The molecule has 0 bridgehead atoms. The van der Waals surface area contributed by atoms with Crippen molar-refractivity contribution in [2.75, 3.05) is 20.3 Å². The molecule has 2 unspecified atom stereocenters. The average molecular weight is 249 g/mol. The van der Waals surface area contributed by atoms with Gasteiger partial charge in [0, 0.05) is 12.2 Å². The van der Waals surface area contributed by atoms with Gasteiger partial charge in [0.25, 0.3) is 0 Å². The summed E-state index contributed by atoms with van der Waals surface area (Å²) in [7, 11) is 1.73. The van der Waals surface area contributed by atoms with Gasteiger partial charge in [-0.15, -0.1) is 0 Å². The molecule has 1 aliphatic rings. The summed E-state index contributed by atoms with van der Waals surface area (Å²) in [5.74, 6) is 0.942. The summed E-state index contributed by atoms with van der Waals surface area (Å²) in [4.78, 5) is 0. The SMILES string of the molecule is CCNC(c1ccccc1OC)C1CCCCO1. The highest BCUT2D eigenvalue weighted by molar-refractivity contribution is 5.36. The van der Waals surface area contributed by atoms with Crippen molar-refractivity contribution in [2.24, 2.45) is 0 Å². The van der Waals surface area contributed by atoms with Crippen LogP contribution in [0.1, 0.15) is 37.8 Å². The highest BCUT2D eigenvalue weighted by Crippen LogP contribution is 2.31. The number of para-hydroxylation sites is 1. The van der Waals surface area contributed by atoms with Gasteiger partial charge in [-0.2, -0.15) is 0 Å². The van der Waals surface area contributed by atoms with Crippen LogP contribution in [0.2, 0.25) is 0 Å². The van der Waals surface area contributed by atoms with E-state index >= 15 is 0 Å². The molecule has 1 aromatic rings. The molecule has 3 nitrogen and oxygen atoms in total. The van der Waals surface area contributed by atoms with Crippen LogP contribution in [0.25, 0.3) is 0 Å². The molecule has 0 amide bonds. The number of hydrogen-bond acceptors (Lipinski definition) is 3. The molecule has 0 radical (unpaired) electrons. The normalized spacial score (nSPS) is 21.6. The average Bonchev–Trinajstić information content (AvgIpc) is 2.46. The lowest BCUT2D eigenvalue weighted by Crippen LogP contribution is -2.36. The second-order valence-electron chi connectivity index (χ2n) is 4.68. The minimum atomic E-state index is 0.228. The second kappa shape index (κ2) is 6.76. The third kappa shape index (κ3) is 3.03. The van der Waals surface area contributed by atoms with E-state index in [1.54, 1.807) is 7.11 Å². The first-order valence-corrected chi connectivity index (χ1v) is 6.84. The number of likely N-dealkylation sites (N-methyl/N-ethyl adjacent to an activating group) is 1. The van der Waals surface area contributed by atoms with E-state index in [4.69, 9.17) is 9.47 Å². The van der Waals surface area contributed by atoms with Crippen LogP contribution in [0.3, 0.4) is 0 Å². The Labute approximate surface area is 109 Å². The molecule has 1 aliphatic heterocycles. The molecule has 0 aromatic heterocycles. The molecule has 3 heteroatoms. The standard InChI is InChI=1S/C15H23NO2/c1-3-16-15(14-10-6-7-11-18-14)12-8-4-5-9-13(12)17-2/h4-5,8-9,14-16H,3,6-7,10-11H2,1-2H3. The van der Waals surface area contributed by atoms with Gasteiger partial charge in [0.2, 0.25) is 0 Å². The zero-order valence-corrected chi connectivity index (χ0v) is 11.3. The molecule has 1 saturated heterocycles. The zero-order valence-electron chi connectivity index (χ0n) is 11.3. The molecule has 1 aromatic carbocycles. The van der Waals surface area contributed by atoms with Crippen molar-refractivity contribution < 1.29 is 9.47 Å². The van der Waals surface area contributed by atoms with Crippen molar-refractivity contribution in [3.05, 3.63) is 29.8 Å². The predicted octanol–water partition coefficient (Wildman–Crippen LogP) is 2.91. The van der Waals surface area contributed by atoms with Crippen molar-refractivity contribution in [2.45, 2.75) is 38.3 Å². The Kier molecular flexibility index (Phi) is 5.02. The Morgan fingerprint density at radius 2 is 2.22 bits per heavy atom. The van der Waals surface area contributed by atoms with Gasteiger partial charge in [0.05, 0.1) is 19.3 Å². The number of hydrogen-bond donors (Lipinski definition) is 1. The van der Waals surface area contributed by atoms with Crippen molar-refractivity contribution in [3.63, 3.8) is 0 Å². The molecular weight excluding hydrogens is 226 g/mol. The van der Waals surface area contributed by atoms with Crippen molar-refractivity contribution in [3.8, 4) is 5.75 Å². The van der Waals surface area contributed by atoms with Crippen LogP contribution in [0.4, 0.5) is 0 Å². The summed E-state index contributed by atoms with van der Waals surface area (Å²) in [6, 6.07) is 8.44. The van der Waals surface area contributed by atoms with E-state index in [1.807, 2.05) is 12.1 Å². The Balaban J connectivity index is 2.22. The van der Waals surface area contributed by atoms with E-state index in [9.17, 15) is 0 Å². The maximum absolute atomic E-state index is 5.93. The molecule has 1 fully saturated rings. The Morgan fingerprint density at radius 3 is 2.89 bits per heavy atom. The molecule has 0 saturated carbocycles. The van der Waals surface area contributed by atoms with E-state index in [1.165, 1.54) is 18.4 Å². The fourth-order valence-corrected chi connectivity index (χ4v) is 2.61. The molecular formula is C15H23NO2. The maximum Gasteiger partial charge on any atom is 0.123 e. The lowest BCUT2D eigenvalue weighted by atomic mass is 9.95. The third-order valence-electron chi connectivity index (χ3n) is 3.48. The minimum absolute atomic E-state index is 0.228. The fraction of sp³-hybridized carbons (Fsp3) is 0.600. The Hall–Kier alpha value is -1.06. The number of ether oxygens (including phenoxy) is 2. The number of nitrogens with one attached hydrogen (secondary N) is 1. The summed E-state index contributed by atoms with van der Waals surface area (Å²) in [6.45, 7) is 3.94. The topological polar surface area (TPSA) is 30.5 Å². The molecule has 100 valence electrons. The molecule has 1 N–H and O–H groups in total. The van der Waals surface area contributed by atoms with Gasteiger partial charge >= 0.3 is 0 Å². The van der Waals surface area contributed by atoms with E-state index in [0.717, 1.165) is 25.3 Å². The van der Waals surface area contributed by atoms with Crippen LogP contribution in [-0.4, -0.2) is 26.4 Å². The third-order valence-corrected chi connectivity index (χ3v) is 3.48. The molecule has 2 atom stereocenters. The van der Waals surface area contributed by atoms with E-state index < -0.39 is 0 Å². The summed E-state index contributed by atoms with van der Waals surface area (Å²) in [5.41, 5.74) is 1.20. The summed E-state index contributed by atoms with van der Waals surface area (Å²) >= 11 is 0. The van der Waals surface area contributed by atoms with Crippen molar-refractivity contribution in [1.82, 2.24) is 5.32 Å². The van der Waals surface area contributed by atoms with E-state index in [2.05, 4.69) is 24.4 Å². The summed E-state index contributed by atoms with van der Waals surface area (Å²) < 4.78 is 11.4. The van der Waals surface area contributed by atoms with Crippen LogP contribution in [0, 0.1) is 0 Å². The maximum atomic E-state index is 5.93. The first-order chi connectivity index (χ1) is 8.86. The first kappa shape index (κ1) is 13.4. The molecule has 1 heterocycles. The van der Waals surface area contributed by atoms with Crippen LogP contribution in [0.15, 0.2) is 24.3 Å². The highest BCUT2D eigenvalue weighted by atomic mass is 16.5. The summed E-state index contributed by atoms with van der Waals surface area (Å²) in [6.07, 6.45) is 3.81. The van der Waals surface area contributed by atoms with Crippen LogP contribution in [0.5, 0.6) is 5.75 Å². The van der Waals surface area contributed by atoms with Crippen LogP contribution in [-0.2, 0) is 4.74 Å². The van der Waals surface area contributed by atoms with Gasteiger partial charge in [-0.05, 0) is 31.9 Å². The zero-order chi connectivity index (χ0) is 12.8. The van der Waals surface area contributed by atoms with Gasteiger partial charge in [0.15, 0.2) is 0 Å². The van der Waals surface area contributed by atoms with Gasteiger partial charge in [-0.1, -0.05) is 25.1 Å². The minimum Gasteiger partial charge on any atom is -0.496 e. The smallest absolute Gasteiger partial charge is 0.123 e. The number of rotatable bonds is 5. The first-order valence-electron chi connectivity index (χ1n) is 6.84. The Morgan fingerprint density at radius 1 is 1.39 bits per heavy atom. The highest BCUT2D eigenvalue weighted by Gasteiger charge is 2.27. The molecule has 2 rings (SSSR count). The van der Waals surface area contributed by atoms with Gasteiger partial charge in [0.1, 0.15) is 5.75 Å². The predicted molar refractivity (Wildman–Crippen MR) is 73.0 cm³/mol. The van der Waals surface area contributed by atoms with Crippen molar-refractivity contribution >= 4 is 0 Å². The number of benzene rings is 1. The largest absolute Gasteiger partial charge is 0.496 e. The van der Waals surface area contributed by atoms with Gasteiger partial charge < -0.3 is 14.8 Å². The van der Waals surface area contributed by atoms with Gasteiger partial charge in [-0.25, -0.2) is 0 Å². The van der Waals surface area contributed by atoms with Gasteiger partial charge in [-0.3, -0.25) is 0 Å². The van der Waals surface area contributed by atoms with Crippen LogP contribution >= 0.6 is 0 Å². The molecule has 0 aliphatic carbocycles. The summed E-state index contributed by atoms with van der Waals surface area (Å²) in [5, 5.41) is 3.54. The Bertz CT molecular complexity index is 361. The van der Waals surface area contributed by atoms with E-state index in [-0.39, 0.29) is 12.1 Å². The quantitative estimate of drug-likeness (QED) is 0.870. The second-order valence-corrected chi connectivity index (χ2v) is 4.68. The number of methoxy groups -OCH3 is 1. The van der Waals surface area contributed by atoms with E-state index in [0.29, 0.717) is 0 Å². The monoisotopic (exact) mass is 249 g/mol. The fourth-order valence-electron chi connectivity index (χ4n) is 2.61. The lowest BCUT2D eigenvalue weighted by Gasteiger charge is -2.32. The molecule has 18 heavy (non-hydrogen) atoms. The van der Waals surface area contributed by atoms with Crippen molar-refractivity contribution in [1.29, 1.82) is 0 Å². The molecule has 0 spiro atoms. The lowest BCUT2D eigenvalue weighted by molar-refractivity contribution is -0.00830. The van der Waals surface area contributed by atoms with Crippen LogP contribution < -0.4 is 10.1 Å².